The maximum absolute atomic E-state index is 13.1. The van der Waals surface area contributed by atoms with Gasteiger partial charge >= 0.3 is 5.97 Å². The zero-order chi connectivity index (χ0) is 15.1. The second kappa shape index (κ2) is 7.24. The Labute approximate surface area is 116 Å². The van der Waals surface area contributed by atoms with E-state index in [0.29, 0.717) is 0 Å². The second-order valence-corrected chi connectivity index (χ2v) is 4.32. The number of nitriles is 1. The number of amides is 1. The lowest BCUT2D eigenvalue weighted by Gasteiger charge is -2.21. The highest BCUT2D eigenvalue weighted by Crippen LogP contribution is 2.11. The van der Waals surface area contributed by atoms with Crippen molar-refractivity contribution < 1.29 is 18.7 Å². The van der Waals surface area contributed by atoms with Crippen LogP contribution in [-0.4, -0.2) is 25.0 Å². The average Bonchev–Trinajstić information content (AvgIpc) is 2.43. The molecule has 0 aliphatic carbocycles. The molecule has 0 unspecified atom stereocenters. The van der Waals surface area contributed by atoms with E-state index < -0.39 is 29.7 Å². The highest BCUT2D eigenvalue weighted by atomic mass is 19.1. The van der Waals surface area contributed by atoms with Crippen LogP contribution in [0.1, 0.15) is 23.7 Å². The molecule has 1 rings (SSSR count). The summed E-state index contributed by atoms with van der Waals surface area (Å²) < 4.78 is 17.7. The molecule has 1 N–H and O–H groups in total. The number of hydrogen-bond donors (Lipinski definition) is 1. The summed E-state index contributed by atoms with van der Waals surface area (Å²) >= 11 is 0. The molecular weight excluding hydrogens is 263 g/mol. The van der Waals surface area contributed by atoms with Crippen molar-refractivity contribution in [2.75, 3.05) is 7.11 Å². The van der Waals surface area contributed by atoms with Crippen LogP contribution in [0.4, 0.5) is 4.39 Å². The number of esters is 1. The fraction of sp³-hybridized carbons (Fsp3) is 0.357. The van der Waals surface area contributed by atoms with Crippen LogP contribution in [0, 0.1) is 23.1 Å². The third kappa shape index (κ3) is 4.05. The van der Waals surface area contributed by atoms with Gasteiger partial charge in [0.15, 0.2) is 0 Å². The largest absolute Gasteiger partial charge is 0.467 e. The maximum atomic E-state index is 13.1. The molecule has 0 saturated heterocycles. The molecule has 1 amide bonds. The maximum Gasteiger partial charge on any atom is 0.328 e. The molecule has 0 fully saturated rings. The molecule has 106 valence electrons. The monoisotopic (exact) mass is 278 g/mol. The Kier molecular flexibility index (Phi) is 5.66. The number of nitrogens with one attached hydrogen (secondary N) is 1. The van der Waals surface area contributed by atoms with E-state index in [-0.39, 0.29) is 12.0 Å². The first-order chi connectivity index (χ1) is 9.49. The molecule has 0 bridgehead atoms. The molecule has 6 heteroatoms. The minimum absolute atomic E-state index is 0.0865. The molecule has 2 atom stereocenters. The van der Waals surface area contributed by atoms with Crippen molar-refractivity contribution in [1.29, 1.82) is 5.26 Å². The van der Waals surface area contributed by atoms with Gasteiger partial charge in [0.1, 0.15) is 11.9 Å². The van der Waals surface area contributed by atoms with Gasteiger partial charge in [0.05, 0.1) is 13.2 Å². The van der Waals surface area contributed by atoms with E-state index in [1.165, 1.54) is 25.3 Å². The molecule has 1 aromatic carbocycles. The fourth-order valence-corrected chi connectivity index (χ4v) is 1.68. The Balaban J connectivity index is 2.87. The standard InChI is InChI=1S/C14H15FN2O3/c1-9(6-7-16)12(14(19)20-2)17-13(18)10-4-3-5-11(15)8-10/h3-5,8-9,12H,6H2,1-2H3,(H,17,18)/t9-,12-/m1/s1. The summed E-state index contributed by atoms with van der Waals surface area (Å²) in [7, 11) is 1.20. The molecular formula is C14H15FN2O3. The molecule has 0 heterocycles. The van der Waals surface area contributed by atoms with Gasteiger partial charge < -0.3 is 10.1 Å². The van der Waals surface area contributed by atoms with E-state index in [9.17, 15) is 14.0 Å². The van der Waals surface area contributed by atoms with Crippen molar-refractivity contribution in [3.63, 3.8) is 0 Å². The van der Waals surface area contributed by atoms with Gasteiger partial charge in [-0.15, -0.1) is 0 Å². The summed E-state index contributed by atoms with van der Waals surface area (Å²) in [5, 5.41) is 11.1. The van der Waals surface area contributed by atoms with Crippen LogP contribution >= 0.6 is 0 Å². The zero-order valence-corrected chi connectivity index (χ0v) is 11.2. The van der Waals surface area contributed by atoms with Crippen LogP contribution in [0.3, 0.4) is 0 Å². The van der Waals surface area contributed by atoms with Crippen LogP contribution in [0.5, 0.6) is 0 Å². The first-order valence-electron chi connectivity index (χ1n) is 6.00. The van der Waals surface area contributed by atoms with E-state index in [1.807, 2.05) is 6.07 Å². The number of rotatable bonds is 5. The Bertz CT molecular complexity index is 539. The van der Waals surface area contributed by atoms with E-state index in [1.54, 1.807) is 6.92 Å². The molecule has 1 aromatic rings. The number of carbonyl (C=O) groups is 2. The Morgan fingerprint density at radius 2 is 2.20 bits per heavy atom. The van der Waals surface area contributed by atoms with Crippen LogP contribution in [0.25, 0.3) is 0 Å². The van der Waals surface area contributed by atoms with Crippen molar-refractivity contribution in [1.82, 2.24) is 5.32 Å². The Morgan fingerprint density at radius 3 is 2.75 bits per heavy atom. The second-order valence-electron chi connectivity index (χ2n) is 4.32. The van der Waals surface area contributed by atoms with E-state index >= 15 is 0 Å². The van der Waals surface area contributed by atoms with E-state index in [4.69, 9.17) is 5.26 Å². The van der Waals surface area contributed by atoms with E-state index in [2.05, 4.69) is 10.1 Å². The first kappa shape index (κ1) is 15.6. The van der Waals surface area contributed by atoms with Crippen LogP contribution < -0.4 is 5.32 Å². The molecule has 0 saturated carbocycles. The average molecular weight is 278 g/mol. The SMILES string of the molecule is COC(=O)[C@H](NC(=O)c1cccc(F)c1)[C@H](C)CC#N. The van der Waals surface area contributed by atoms with Crippen LogP contribution in [-0.2, 0) is 9.53 Å². The molecule has 5 nitrogen and oxygen atoms in total. The Morgan fingerprint density at radius 1 is 1.50 bits per heavy atom. The van der Waals surface area contributed by atoms with Crippen LogP contribution in [0.2, 0.25) is 0 Å². The summed E-state index contributed by atoms with van der Waals surface area (Å²) in [6.45, 7) is 1.65. The number of carbonyl (C=O) groups excluding carboxylic acids is 2. The number of benzene rings is 1. The molecule has 20 heavy (non-hydrogen) atoms. The van der Waals surface area contributed by atoms with E-state index in [0.717, 1.165) is 6.07 Å². The first-order valence-corrected chi connectivity index (χ1v) is 6.00. The van der Waals surface area contributed by atoms with Crippen molar-refractivity contribution >= 4 is 11.9 Å². The Hall–Kier alpha value is -2.42. The van der Waals surface area contributed by atoms with Gasteiger partial charge in [0, 0.05) is 17.9 Å². The molecule has 0 aromatic heterocycles. The third-order valence-electron chi connectivity index (χ3n) is 2.81. The third-order valence-corrected chi connectivity index (χ3v) is 2.81. The van der Waals surface area contributed by atoms with Crippen molar-refractivity contribution in [3.05, 3.63) is 35.6 Å². The topological polar surface area (TPSA) is 79.2 Å². The number of nitrogens with zero attached hydrogens (tertiary/aromatic N) is 1. The molecule has 0 spiro atoms. The van der Waals surface area contributed by atoms with Gasteiger partial charge in [-0.05, 0) is 18.2 Å². The van der Waals surface area contributed by atoms with Gasteiger partial charge in [-0.2, -0.15) is 5.26 Å². The van der Waals surface area contributed by atoms with Crippen LogP contribution in [0.15, 0.2) is 24.3 Å². The summed E-state index contributed by atoms with van der Waals surface area (Å²) in [5.41, 5.74) is 0.100. The van der Waals surface area contributed by atoms with Gasteiger partial charge in [-0.1, -0.05) is 13.0 Å². The van der Waals surface area contributed by atoms with Gasteiger partial charge in [0.2, 0.25) is 0 Å². The molecule has 0 aliphatic rings. The normalized spacial score (nSPS) is 12.9. The quantitative estimate of drug-likeness (QED) is 0.830. The minimum atomic E-state index is -0.949. The predicted molar refractivity (Wildman–Crippen MR) is 69.1 cm³/mol. The molecule has 0 aliphatic heterocycles. The number of hydrogen-bond acceptors (Lipinski definition) is 4. The summed E-state index contributed by atoms with van der Waals surface area (Å²) in [5.74, 6) is -2.19. The fourth-order valence-electron chi connectivity index (χ4n) is 1.68. The van der Waals surface area contributed by atoms with Gasteiger partial charge in [-0.25, -0.2) is 9.18 Å². The lowest BCUT2D eigenvalue weighted by molar-refractivity contribution is -0.144. The lowest BCUT2D eigenvalue weighted by atomic mass is 9.98. The van der Waals surface area contributed by atoms with Gasteiger partial charge in [0.25, 0.3) is 5.91 Å². The van der Waals surface area contributed by atoms with Crippen molar-refractivity contribution in [2.45, 2.75) is 19.4 Å². The zero-order valence-electron chi connectivity index (χ0n) is 11.2. The van der Waals surface area contributed by atoms with Crippen molar-refractivity contribution in [3.8, 4) is 6.07 Å². The smallest absolute Gasteiger partial charge is 0.328 e. The number of ether oxygens (including phenoxy) is 1. The predicted octanol–water partition coefficient (Wildman–Crippen LogP) is 1.65. The lowest BCUT2D eigenvalue weighted by Crippen LogP contribution is -2.45. The van der Waals surface area contributed by atoms with Gasteiger partial charge in [-0.3, -0.25) is 4.79 Å². The molecule has 0 radical (unpaired) electrons. The summed E-state index contributed by atoms with van der Waals surface area (Å²) in [6.07, 6.45) is 0.0865. The highest BCUT2D eigenvalue weighted by Gasteiger charge is 2.28. The summed E-state index contributed by atoms with van der Waals surface area (Å²) in [4.78, 5) is 23.6. The van der Waals surface area contributed by atoms with Crippen molar-refractivity contribution in [2.24, 2.45) is 5.92 Å². The number of halogens is 1. The number of methoxy groups -OCH3 is 1. The summed E-state index contributed by atoms with van der Waals surface area (Å²) in [6, 6.07) is 6.10. The minimum Gasteiger partial charge on any atom is -0.467 e. The highest BCUT2D eigenvalue weighted by molar-refractivity contribution is 5.96.